The molecule has 0 saturated heterocycles. The molecule has 0 heterocycles. The summed E-state index contributed by atoms with van der Waals surface area (Å²) in [7, 11) is 0. The highest BCUT2D eigenvalue weighted by Crippen LogP contribution is 2.26. The standard InChI is InChI=1S/C2H2Cl4.4ClH/c3-1-2(4,5)6;;;;/h1H2;4*1H. The Morgan fingerprint density at radius 1 is 0.800 bits per heavy atom. The average Bonchev–Trinajstić information content (AvgIpc) is 1.35. The van der Waals surface area contributed by atoms with Crippen molar-refractivity contribution >= 4 is 96.0 Å². The van der Waals surface area contributed by atoms with E-state index in [1.54, 1.807) is 0 Å². The molecule has 0 aromatic carbocycles. The highest BCUT2D eigenvalue weighted by molar-refractivity contribution is 6.69. The minimum absolute atomic E-state index is 0. The minimum atomic E-state index is -1.28. The summed E-state index contributed by atoms with van der Waals surface area (Å²) in [6, 6.07) is 0. The van der Waals surface area contributed by atoms with Gasteiger partial charge in [0.1, 0.15) is 0 Å². The smallest absolute Gasteiger partial charge is 0.147 e. The Kier molecular flexibility index (Phi) is 40.9. The zero-order valence-electron chi connectivity index (χ0n) is 4.35. The molecule has 0 atom stereocenters. The fourth-order valence-corrected chi connectivity index (χ4v) is 0. The van der Waals surface area contributed by atoms with E-state index in [-0.39, 0.29) is 55.5 Å². The van der Waals surface area contributed by atoms with Gasteiger partial charge in [-0.3, -0.25) is 0 Å². The van der Waals surface area contributed by atoms with Gasteiger partial charge in [-0.05, 0) is 0 Å². The molecule has 8 heteroatoms. The Morgan fingerprint density at radius 3 is 0.900 bits per heavy atom. The lowest BCUT2D eigenvalue weighted by molar-refractivity contribution is 1.28. The van der Waals surface area contributed by atoms with E-state index in [4.69, 9.17) is 46.4 Å². The van der Waals surface area contributed by atoms with Crippen LogP contribution in [0.25, 0.3) is 0 Å². The third-order valence-electron chi connectivity index (χ3n) is 0.152. The van der Waals surface area contributed by atoms with Gasteiger partial charge >= 0.3 is 0 Å². The van der Waals surface area contributed by atoms with Crippen LogP contribution in [-0.4, -0.2) is 9.67 Å². The van der Waals surface area contributed by atoms with Gasteiger partial charge in [0.05, 0.1) is 5.88 Å². The van der Waals surface area contributed by atoms with Crippen LogP contribution in [0, 0.1) is 0 Å². The van der Waals surface area contributed by atoms with Crippen molar-refractivity contribution in [2.75, 3.05) is 5.88 Å². The fourth-order valence-electron chi connectivity index (χ4n) is 0. The molecule has 0 bridgehead atoms. The van der Waals surface area contributed by atoms with Gasteiger partial charge in [-0.1, -0.05) is 34.8 Å². The molecule has 0 unspecified atom stereocenters. The van der Waals surface area contributed by atoms with Crippen molar-refractivity contribution in [1.29, 1.82) is 0 Å². The summed E-state index contributed by atoms with van der Waals surface area (Å²) < 4.78 is -1.28. The van der Waals surface area contributed by atoms with Crippen molar-refractivity contribution in [1.82, 2.24) is 0 Å². The molecule has 0 aliphatic carbocycles. The molecule has 0 spiro atoms. The molecule has 0 aliphatic rings. The lowest BCUT2D eigenvalue weighted by Crippen LogP contribution is -2.01. The van der Waals surface area contributed by atoms with Crippen LogP contribution in [0.15, 0.2) is 0 Å². The summed E-state index contributed by atoms with van der Waals surface area (Å²) in [4.78, 5) is 0. The Bertz CT molecular complexity index is 37.0. The molecular weight excluding hydrogens is 308 g/mol. The van der Waals surface area contributed by atoms with E-state index < -0.39 is 3.79 Å². The normalized spacial score (nSPS) is 7.20. The van der Waals surface area contributed by atoms with Crippen LogP contribution in [-0.2, 0) is 0 Å². The number of halogens is 8. The van der Waals surface area contributed by atoms with Crippen molar-refractivity contribution in [3.8, 4) is 0 Å². The predicted octanol–water partition coefficient (Wildman–Crippen LogP) is 4.28. The summed E-state index contributed by atoms with van der Waals surface area (Å²) in [5.41, 5.74) is 0. The molecular formula is C2H6Cl8. The van der Waals surface area contributed by atoms with Crippen LogP contribution in [0.4, 0.5) is 0 Å². The van der Waals surface area contributed by atoms with Crippen LogP contribution in [0.3, 0.4) is 0 Å². The van der Waals surface area contributed by atoms with Gasteiger partial charge in [-0.2, -0.15) is 0 Å². The summed E-state index contributed by atoms with van der Waals surface area (Å²) in [5, 5.41) is 0. The molecule has 70 valence electrons. The first kappa shape index (κ1) is 29.5. The maximum absolute atomic E-state index is 5.12. The van der Waals surface area contributed by atoms with Crippen LogP contribution >= 0.6 is 96.0 Å². The SMILES string of the molecule is Cl.Cl.Cl.Cl.ClCC(Cl)(Cl)Cl. The zero-order chi connectivity index (χ0) is 5.21. The monoisotopic (exact) mass is 310 g/mol. The first-order chi connectivity index (χ1) is 2.56. The number of rotatable bonds is 0. The van der Waals surface area contributed by atoms with Gasteiger partial charge in [0.2, 0.25) is 3.79 Å². The van der Waals surface area contributed by atoms with E-state index in [0.717, 1.165) is 0 Å². The summed E-state index contributed by atoms with van der Waals surface area (Å²) in [6.07, 6.45) is 0. The highest BCUT2D eigenvalue weighted by atomic mass is 35.6. The van der Waals surface area contributed by atoms with E-state index in [1.165, 1.54) is 0 Å². The molecule has 0 fully saturated rings. The number of hydrogen-bond donors (Lipinski definition) is 0. The second kappa shape index (κ2) is 13.9. The molecule has 0 radical (unpaired) electrons. The molecule has 0 amide bonds. The summed E-state index contributed by atoms with van der Waals surface area (Å²) >= 11 is 20.4. The van der Waals surface area contributed by atoms with Gasteiger partial charge < -0.3 is 0 Å². The van der Waals surface area contributed by atoms with Gasteiger partial charge in [0.25, 0.3) is 0 Å². The highest BCUT2D eigenvalue weighted by Gasteiger charge is 2.16. The van der Waals surface area contributed by atoms with Crippen molar-refractivity contribution in [2.45, 2.75) is 3.79 Å². The van der Waals surface area contributed by atoms with E-state index in [2.05, 4.69) is 0 Å². The third kappa shape index (κ3) is 31.7. The number of hydrogen-bond acceptors (Lipinski definition) is 0. The second-order valence-corrected chi connectivity index (χ2v) is 3.53. The first-order valence-electron chi connectivity index (χ1n) is 1.19. The maximum Gasteiger partial charge on any atom is 0.203 e. The van der Waals surface area contributed by atoms with Crippen LogP contribution < -0.4 is 0 Å². The fraction of sp³-hybridized carbons (Fsp3) is 1.00. The topological polar surface area (TPSA) is 0 Å². The average molecular weight is 314 g/mol. The predicted molar refractivity (Wildman–Crippen MR) is 60.0 cm³/mol. The van der Waals surface area contributed by atoms with E-state index in [1.807, 2.05) is 0 Å². The van der Waals surface area contributed by atoms with Gasteiger partial charge in [0.15, 0.2) is 0 Å². The summed E-state index contributed by atoms with van der Waals surface area (Å²) in [5.74, 6) is 0.0394. The maximum atomic E-state index is 5.12. The molecule has 0 N–H and O–H groups in total. The minimum Gasteiger partial charge on any atom is -0.147 e. The second-order valence-electron chi connectivity index (χ2n) is 0.749. The lowest BCUT2D eigenvalue weighted by atomic mass is 10.9. The Balaban J connectivity index is -0.0000000208. The van der Waals surface area contributed by atoms with E-state index in [9.17, 15) is 0 Å². The van der Waals surface area contributed by atoms with Crippen molar-refractivity contribution in [3.05, 3.63) is 0 Å². The Morgan fingerprint density at radius 2 is 0.900 bits per heavy atom. The molecule has 0 saturated carbocycles. The quantitative estimate of drug-likeness (QED) is 0.586. The Labute approximate surface area is 105 Å². The lowest BCUT2D eigenvalue weighted by Gasteiger charge is -2.00. The molecule has 0 aromatic rings. The summed E-state index contributed by atoms with van der Waals surface area (Å²) in [6.45, 7) is 0. The Hall–Kier alpha value is 2.32. The molecule has 0 nitrogen and oxygen atoms in total. The van der Waals surface area contributed by atoms with Gasteiger partial charge in [-0.25, -0.2) is 0 Å². The van der Waals surface area contributed by atoms with Gasteiger partial charge in [-0.15, -0.1) is 61.2 Å². The van der Waals surface area contributed by atoms with Crippen molar-refractivity contribution < 1.29 is 0 Å². The van der Waals surface area contributed by atoms with E-state index >= 15 is 0 Å². The molecule has 0 aromatic heterocycles. The van der Waals surface area contributed by atoms with Crippen molar-refractivity contribution in [2.24, 2.45) is 0 Å². The van der Waals surface area contributed by atoms with E-state index in [0.29, 0.717) is 0 Å². The van der Waals surface area contributed by atoms with Gasteiger partial charge in [0, 0.05) is 0 Å². The zero-order valence-corrected chi connectivity index (χ0v) is 10.6. The van der Waals surface area contributed by atoms with Crippen LogP contribution in [0.5, 0.6) is 0 Å². The van der Waals surface area contributed by atoms with Crippen molar-refractivity contribution in [3.63, 3.8) is 0 Å². The number of alkyl halides is 4. The first-order valence-corrected chi connectivity index (χ1v) is 2.86. The molecule has 0 rings (SSSR count). The molecule has 10 heavy (non-hydrogen) atoms. The third-order valence-corrected chi connectivity index (χ3v) is 1.36. The van der Waals surface area contributed by atoms with Crippen LogP contribution in [0.2, 0.25) is 0 Å². The molecule has 0 aliphatic heterocycles. The van der Waals surface area contributed by atoms with Crippen LogP contribution in [0.1, 0.15) is 0 Å². The largest absolute Gasteiger partial charge is 0.203 e.